The van der Waals surface area contributed by atoms with Crippen LogP contribution < -0.4 is 5.32 Å². The molecule has 2 rings (SSSR count). The lowest BCUT2D eigenvalue weighted by Crippen LogP contribution is -2.29. The third-order valence-electron chi connectivity index (χ3n) is 3.46. The summed E-state index contributed by atoms with van der Waals surface area (Å²) in [6, 6.07) is 7.38. The third kappa shape index (κ3) is 4.61. The van der Waals surface area contributed by atoms with E-state index in [-0.39, 0.29) is 5.82 Å². The summed E-state index contributed by atoms with van der Waals surface area (Å²) in [5, 5.41) is 3.55. The average Bonchev–Trinajstić information content (AvgIpc) is 2.32. The van der Waals surface area contributed by atoms with Crippen LogP contribution in [0.1, 0.15) is 37.7 Å². The molecular formula is C16H22FN. The molecule has 0 spiro atoms. The van der Waals surface area contributed by atoms with Crippen molar-refractivity contribution in [3.63, 3.8) is 0 Å². The molecule has 2 heteroatoms. The minimum Gasteiger partial charge on any atom is -0.310 e. The molecule has 0 amide bonds. The molecule has 18 heavy (non-hydrogen) atoms. The zero-order valence-electron chi connectivity index (χ0n) is 10.9. The maximum atomic E-state index is 13.0. The second-order valence-corrected chi connectivity index (χ2v) is 5.01. The van der Waals surface area contributed by atoms with Gasteiger partial charge in [-0.1, -0.05) is 37.1 Å². The van der Waals surface area contributed by atoms with Crippen LogP contribution in [0.4, 0.5) is 4.39 Å². The second kappa shape index (κ2) is 7.32. The van der Waals surface area contributed by atoms with Gasteiger partial charge in [0, 0.05) is 6.04 Å². The second-order valence-electron chi connectivity index (χ2n) is 5.01. The van der Waals surface area contributed by atoms with Gasteiger partial charge in [0.25, 0.3) is 0 Å². The van der Waals surface area contributed by atoms with Gasteiger partial charge in [-0.25, -0.2) is 4.39 Å². The van der Waals surface area contributed by atoms with Crippen LogP contribution in [0.3, 0.4) is 0 Å². The van der Waals surface area contributed by atoms with Gasteiger partial charge < -0.3 is 5.32 Å². The Balaban J connectivity index is 1.75. The van der Waals surface area contributed by atoms with E-state index in [2.05, 4.69) is 17.5 Å². The minimum atomic E-state index is -0.140. The lowest BCUT2D eigenvalue weighted by Gasteiger charge is -2.16. The summed E-state index contributed by atoms with van der Waals surface area (Å²) in [6.45, 7) is 0.915. The number of halogens is 1. The van der Waals surface area contributed by atoms with Gasteiger partial charge in [0.1, 0.15) is 5.82 Å². The molecule has 0 aliphatic heterocycles. The van der Waals surface area contributed by atoms with Crippen LogP contribution in [0, 0.1) is 5.82 Å². The van der Waals surface area contributed by atoms with Crippen molar-refractivity contribution in [2.75, 3.05) is 6.54 Å². The lowest BCUT2D eigenvalue weighted by molar-refractivity contribution is 0.510. The molecule has 0 saturated carbocycles. The van der Waals surface area contributed by atoms with E-state index >= 15 is 0 Å². The normalized spacial score (nSPS) is 22.2. The highest BCUT2D eigenvalue weighted by atomic mass is 19.1. The number of nitrogens with one attached hydrogen (secondary N) is 1. The van der Waals surface area contributed by atoms with Gasteiger partial charge in [-0.15, -0.1) is 0 Å². The predicted octanol–water partition coefficient (Wildman–Crippen LogP) is 3.85. The number of allylic oxidation sites excluding steroid dienone is 1. The van der Waals surface area contributed by atoms with Crippen molar-refractivity contribution in [1.82, 2.24) is 5.32 Å². The van der Waals surface area contributed by atoms with Gasteiger partial charge in [0.2, 0.25) is 0 Å². The Bertz CT molecular complexity index is 386. The third-order valence-corrected chi connectivity index (χ3v) is 3.46. The standard InChI is InChI=1S/C16H22FN/c17-15-8-6-7-14(13-15)11-12-18-16-9-4-2-1-3-5-10-16/h4,6-9,13,16,18H,1-3,5,10-12H2/b9-4+. The van der Waals surface area contributed by atoms with Crippen molar-refractivity contribution >= 4 is 0 Å². The first-order valence-electron chi connectivity index (χ1n) is 6.99. The van der Waals surface area contributed by atoms with Crippen molar-refractivity contribution < 1.29 is 4.39 Å². The van der Waals surface area contributed by atoms with Crippen LogP contribution in [0.5, 0.6) is 0 Å². The van der Waals surface area contributed by atoms with E-state index in [1.54, 1.807) is 12.1 Å². The largest absolute Gasteiger partial charge is 0.310 e. The van der Waals surface area contributed by atoms with E-state index in [4.69, 9.17) is 0 Å². The molecule has 1 aliphatic rings. The van der Waals surface area contributed by atoms with E-state index in [0.717, 1.165) is 18.5 Å². The Morgan fingerprint density at radius 1 is 1.22 bits per heavy atom. The Morgan fingerprint density at radius 2 is 2.17 bits per heavy atom. The summed E-state index contributed by atoms with van der Waals surface area (Å²) >= 11 is 0. The van der Waals surface area contributed by atoms with E-state index < -0.39 is 0 Å². The summed E-state index contributed by atoms with van der Waals surface area (Å²) in [4.78, 5) is 0. The molecule has 1 nitrogen and oxygen atoms in total. The fourth-order valence-corrected chi connectivity index (χ4v) is 2.42. The maximum absolute atomic E-state index is 13.0. The molecule has 1 aliphatic carbocycles. The molecule has 0 aromatic heterocycles. The van der Waals surface area contributed by atoms with Crippen LogP contribution in [0.15, 0.2) is 36.4 Å². The molecule has 0 heterocycles. The Labute approximate surface area is 109 Å². The van der Waals surface area contributed by atoms with Crippen LogP contribution in [0.25, 0.3) is 0 Å². The van der Waals surface area contributed by atoms with Gasteiger partial charge in [-0.05, 0) is 49.9 Å². The van der Waals surface area contributed by atoms with Crippen molar-refractivity contribution in [3.8, 4) is 0 Å². The first-order chi connectivity index (χ1) is 8.84. The van der Waals surface area contributed by atoms with E-state index in [0.29, 0.717) is 6.04 Å². The summed E-state index contributed by atoms with van der Waals surface area (Å²) in [5.74, 6) is -0.140. The molecule has 1 aromatic carbocycles. The van der Waals surface area contributed by atoms with E-state index in [1.165, 1.54) is 38.2 Å². The summed E-state index contributed by atoms with van der Waals surface area (Å²) in [7, 11) is 0. The van der Waals surface area contributed by atoms with Crippen LogP contribution in [-0.4, -0.2) is 12.6 Å². The predicted molar refractivity (Wildman–Crippen MR) is 74.1 cm³/mol. The number of rotatable bonds is 4. The Kier molecular flexibility index (Phi) is 5.40. The maximum Gasteiger partial charge on any atom is 0.123 e. The molecule has 1 atom stereocenters. The highest BCUT2D eigenvalue weighted by molar-refractivity contribution is 5.16. The van der Waals surface area contributed by atoms with E-state index in [1.807, 2.05) is 6.07 Å². The number of hydrogen-bond donors (Lipinski definition) is 1. The average molecular weight is 247 g/mol. The SMILES string of the molecule is Fc1cccc(CCNC2/C=C/CCCCC2)c1. The Hall–Kier alpha value is -1.15. The van der Waals surface area contributed by atoms with Gasteiger partial charge in [0.05, 0.1) is 0 Å². The molecule has 1 aromatic rings. The Morgan fingerprint density at radius 3 is 3.06 bits per heavy atom. The topological polar surface area (TPSA) is 12.0 Å². The van der Waals surface area contributed by atoms with Gasteiger partial charge in [-0.3, -0.25) is 0 Å². The van der Waals surface area contributed by atoms with Crippen molar-refractivity contribution in [2.24, 2.45) is 0 Å². The first-order valence-corrected chi connectivity index (χ1v) is 6.99. The van der Waals surface area contributed by atoms with Gasteiger partial charge in [0.15, 0.2) is 0 Å². The zero-order chi connectivity index (χ0) is 12.6. The number of hydrogen-bond acceptors (Lipinski definition) is 1. The molecule has 1 N–H and O–H groups in total. The highest BCUT2D eigenvalue weighted by Crippen LogP contribution is 2.12. The smallest absolute Gasteiger partial charge is 0.123 e. The quantitative estimate of drug-likeness (QED) is 0.797. The van der Waals surface area contributed by atoms with Gasteiger partial charge in [-0.2, -0.15) is 0 Å². The van der Waals surface area contributed by atoms with Crippen molar-refractivity contribution in [1.29, 1.82) is 0 Å². The molecule has 0 saturated heterocycles. The molecule has 0 fully saturated rings. The fraction of sp³-hybridized carbons (Fsp3) is 0.500. The first kappa shape index (κ1) is 13.3. The molecule has 0 bridgehead atoms. The monoisotopic (exact) mass is 247 g/mol. The highest BCUT2D eigenvalue weighted by Gasteiger charge is 2.05. The minimum absolute atomic E-state index is 0.140. The van der Waals surface area contributed by atoms with E-state index in [9.17, 15) is 4.39 Å². The summed E-state index contributed by atoms with van der Waals surface area (Å²) < 4.78 is 13.0. The molecular weight excluding hydrogens is 225 g/mol. The number of benzene rings is 1. The zero-order valence-corrected chi connectivity index (χ0v) is 10.9. The van der Waals surface area contributed by atoms with Gasteiger partial charge >= 0.3 is 0 Å². The summed E-state index contributed by atoms with van der Waals surface area (Å²) in [6.07, 6.45) is 11.9. The van der Waals surface area contributed by atoms with Crippen molar-refractivity contribution in [3.05, 3.63) is 47.8 Å². The van der Waals surface area contributed by atoms with Crippen LogP contribution in [0.2, 0.25) is 0 Å². The molecule has 98 valence electrons. The van der Waals surface area contributed by atoms with Crippen LogP contribution >= 0.6 is 0 Å². The molecule has 0 radical (unpaired) electrons. The van der Waals surface area contributed by atoms with Crippen molar-refractivity contribution in [2.45, 2.75) is 44.6 Å². The molecule has 1 unspecified atom stereocenters. The van der Waals surface area contributed by atoms with Crippen LogP contribution in [-0.2, 0) is 6.42 Å². The summed E-state index contributed by atoms with van der Waals surface area (Å²) in [5.41, 5.74) is 1.07. The fourth-order valence-electron chi connectivity index (χ4n) is 2.42. The lowest BCUT2D eigenvalue weighted by atomic mass is 10.0.